The number of carboxylic acid groups (broad SMARTS) is 4. The number of aliphatic hydroxyl groups is 2. The number of fused-ring (bicyclic) bond motifs is 2. The minimum absolute atomic E-state index is 0.00643. The Hall–Kier alpha value is -10.1. The van der Waals surface area contributed by atoms with Crippen molar-refractivity contribution in [3.8, 4) is 0 Å². The molecule has 1 aromatic carbocycles. The highest BCUT2D eigenvalue weighted by atomic mass is 33.1. The number of aliphatic imine (C=N–C) groups is 1. The van der Waals surface area contributed by atoms with E-state index in [0.29, 0.717) is 36.5 Å². The van der Waals surface area contributed by atoms with E-state index in [-0.39, 0.29) is 97.3 Å². The Morgan fingerprint density at radius 1 is 0.836 bits per heavy atom. The number of guanidine groups is 1. The molecule has 13 atom stereocenters. The number of H-pyrrole nitrogens is 1. The standard InChI is InChI=1S/C39H59N3O13S3.C30H39N13O9/c1-21-9-8-10-28-29(42(28)11-12-53-38(52)54-13-14-57-58-20-27(37(50)51)41-36(49)23(3)16-32(44)45)17-30(22(2)15-26-19-56-25(5)40-26)55-33(46)18-31(43)39(6,7)35(48)24(4)34(21)47;1-34-25(48)17(3-2-10-35-29(31)32)40-26(49)19(11-21(45)46)39-20(44)9-8-18(28(51)52)41-24(47)14-4-6-15(7-5-14)36-12-16-13-37-23-22(38-16)27(50)43-30(33)42-23/h15,19,21,23-24,27-31,34,43,47H,8-14,16-18,20H2,1-7H3,(H,41,49)(H,44,45)(H,50,51);4-7,13,17-19,36H,2-3,8-12H2,1H3,(H,34,48)(H,39,44)(H,40,49)(H,41,47)(H,45,46)(H,51,52)(H4,31,32,35)(H3,33,37,42,43,50)/b22-15+;/t21-,23-,24+,27?,28+,29-,30-,31-,34-,42?;17-,18-,19-/m00/s1. The number of benzene rings is 1. The molecule has 38 nitrogen and oxygen atoms in total. The number of esters is 1. The fourth-order valence-corrected chi connectivity index (χ4v) is 14.2. The molecule has 41 heteroatoms. The van der Waals surface area contributed by atoms with Gasteiger partial charge in [-0.2, -0.15) is 4.98 Å². The van der Waals surface area contributed by atoms with Crippen LogP contribution in [0, 0.1) is 30.1 Å². The third-order valence-electron chi connectivity index (χ3n) is 18.0. The first kappa shape index (κ1) is 90.5. The number of hydrogen-bond donors (Lipinski definition) is 16. The van der Waals surface area contributed by atoms with Crippen molar-refractivity contribution in [3.63, 3.8) is 0 Å². The zero-order valence-electron chi connectivity index (χ0n) is 62.1. The zero-order chi connectivity index (χ0) is 81.7. The van der Waals surface area contributed by atoms with Gasteiger partial charge in [-0.1, -0.05) is 62.6 Å². The normalized spacial score (nSPS) is 20.6. The monoisotopic (exact) mass is 1600 g/mol. The molecule has 604 valence electrons. The van der Waals surface area contributed by atoms with Gasteiger partial charge in [-0.25, -0.2) is 29.3 Å². The summed E-state index contributed by atoms with van der Waals surface area (Å²) in [6.45, 7) is 12.6. The van der Waals surface area contributed by atoms with Crippen molar-refractivity contribution < 1.29 is 102 Å². The van der Waals surface area contributed by atoms with Crippen LogP contribution in [-0.4, -0.2) is 237 Å². The van der Waals surface area contributed by atoms with Crippen LogP contribution in [0.25, 0.3) is 17.2 Å². The molecule has 2 aliphatic rings. The molecule has 0 radical (unpaired) electrons. The number of nitrogens with two attached hydrogens (primary N) is 3. The van der Waals surface area contributed by atoms with E-state index in [2.05, 4.69) is 66.7 Å². The number of carbonyl (C=O) groups is 12. The van der Waals surface area contributed by atoms with Crippen LogP contribution >= 0.6 is 32.9 Å². The number of aryl methyl sites for hydroxylation is 1. The van der Waals surface area contributed by atoms with E-state index in [9.17, 15) is 87.9 Å². The quantitative estimate of drug-likeness (QED) is 0.00778. The highest BCUT2D eigenvalue weighted by Crippen LogP contribution is 2.39. The zero-order valence-corrected chi connectivity index (χ0v) is 64.5. The minimum Gasteiger partial charge on any atom is -0.481 e. The molecule has 3 aromatic heterocycles. The first-order chi connectivity index (χ1) is 51.9. The Morgan fingerprint density at radius 3 is 2.15 bits per heavy atom. The number of aromatic nitrogens is 5. The van der Waals surface area contributed by atoms with Gasteiger partial charge in [0, 0.05) is 85.0 Å². The van der Waals surface area contributed by atoms with Crippen LogP contribution in [0.1, 0.15) is 139 Å². The van der Waals surface area contributed by atoms with Crippen LogP contribution in [0.5, 0.6) is 0 Å². The number of nitrogens with one attached hydrogen (secondary N) is 7. The number of anilines is 2. The summed E-state index contributed by atoms with van der Waals surface area (Å²) in [6, 6.07) is 0.552. The molecule has 5 amide bonds. The lowest BCUT2D eigenvalue weighted by Gasteiger charge is -2.34. The number of hydrogen-bond acceptors (Lipinski definition) is 29. The molecular weight excluding hydrogens is 1500 g/mol. The summed E-state index contributed by atoms with van der Waals surface area (Å²) in [5.74, 6) is -11.9. The molecule has 4 aromatic rings. The summed E-state index contributed by atoms with van der Waals surface area (Å²) in [5, 5.41) is 77.1. The van der Waals surface area contributed by atoms with E-state index in [1.54, 1.807) is 32.9 Å². The maximum Gasteiger partial charge on any atom is 0.508 e. The van der Waals surface area contributed by atoms with Gasteiger partial charge < -0.3 is 94.0 Å². The van der Waals surface area contributed by atoms with Gasteiger partial charge >= 0.3 is 36.0 Å². The number of cyclic esters (lactones) is 1. The van der Waals surface area contributed by atoms with E-state index in [4.69, 9.17) is 36.5 Å². The van der Waals surface area contributed by atoms with E-state index in [1.165, 1.54) is 54.4 Å². The molecule has 0 bridgehead atoms. The second-order valence-corrected chi connectivity index (χ2v) is 30.6. The van der Waals surface area contributed by atoms with Crippen LogP contribution in [0.2, 0.25) is 0 Å². The van der Waals surface area contributed by atoms with Crippen LogP contribution in [-0.2, 0) is 68.7 Å². The Balaban J connectivity index is 0.000000396. The van der Waals surface area contributed by atoms with Crippen LogP contribution < -0.4 is 54.7 Å². The molecule has 6 rings (SSSR count). The number of likely N-dealkylation sites (N-methyl/N-ethyl adjacent to an activating group) is 1. The average molecular weight is 1600 g/mol. The summed E-state index contributed by atoms with van der Waals surface area (Å²) in [4.78, 5) is 185. The molecule has 0 saturated carbocycles. The van der Waals surface area contributed by atoms with Crippen molar-refractivity contribution in [2.45, 2.75) is 180 Å². The Morgan fingerprint density at radius 2 is 1.51 bits per heavy atom. The number of carbonyl (C=O) groups excluding carboxylic acids is 8. The van der Waals surface area contributed by atoms with Crippen molar-refractivity contribution in [1.82, 2.24) is 56.4 Å². The van der Waals surface area contributed by atoms with E-state index in [0.717, 1.165) is 39.9 Å². The highest BCUT2D eigenvalue weighted by Gasteiger charge is 2.49. The van der Waals surface area contributed by atoms with Gasteiger partial charge in [-0.3, -0.25) is 62.8 Å². The first-order valence-corrected chi connectivity index (χ1v) is 38.5. The Bertz CT molecular complexity index is 4010. The fraction of sp³-hybridized carbons (Fsp3) is 0.565. The third kappa shape index (κ3) is 29.7. The number of thiazole rings is 1. The first-order valence-electron chi connectivity index (χ1n) is 35.1. The maximum absolute atomic E-state index is 13.5. The average Bonchev–Trinajstić information content (AvgIpc) is 1.61. The lowest BCUT2D eigenvalue weighted by atomic mass is 9.73. The topological polar surface area (TPSA) is 604 Å². The number of rotatable bonds is 35. The number of aliphatic carboxylic acids is 4. The van der Waals surface area contributed by atoms with Gasteiger partial charge in [-0.05, 0) is 87.8 Å². The number of amides is 5. The third-order valence-corrected chi connectivity index (χ3v) is 21.2. The van der Waals surface area contributed by atoms with Crippen molar-refractivity contribution in [3.05, 3.63) is 73.7 Å². The molecule has 0 aliphatic carbocycles. The van der Waals surface area contributed by atoms with Crippen molar-refractivity contribution in [2.75, 3.05) is 55.9 Å². The molecule has 2 unspecified atom stereocenters. The molecule has 2 saturated heterocycles. The number of ether oxygens (including phenoxy) is 3. The van der Waals surface area contributed by atoms with Crippen molar-refractivity contribution in [2.24, 2.45) is 39.6 Å². The van der Waals surface area contributed by atoms with Gasteiger partial charge in [0.15, 0.2) is 17.1 Å². The number of aliphatic hydroxyl groups excluding tert-OH is 2. The smallest absolute Gasteiger partial charge is 0.481 e. The minimum atomic E-state index is -1.60. The molecule has 2 fully saturated rings. The van der Waals surface area contributed by atoms with Crippen molar-refractivity contribution >= 4 is 139 Å². The Kier molecular flexibility index (Phi) is 36.1. The van der Waals surface area contributed by atoms with Gasteiger partial charge in [0.2, 0.25) is 29.6 Å². The maximum atomic E-state index is 13.5. The lowest BCUT2D eigenvalue weighted by Crippen LogP contribution is -2.54. The van der Waals surface area contributed by atoms with Gasteiger partial charge in [0.1, 0.15) is 49.3 Å². The largest absolute Gasteiger partial charge is 0.508 e. The van der Waals surface area contributed by atoms with Crippen molar-refractivity contribution in [1.29, 1.82) is 0 Å². The van der Waals surface area contributed by atoms with Gasteiger partial charge in [0.05, 0.1) is 66.0 Å². The Labute approximate surface area is 644 Å². The van der Waals surface area contributed by atoms with Crippen LogP contribution in [0.15, 0.2) is 51.2 Å². The number of ketones is 1. The number of nitrogens with zero attached hydrogens (tertiary/aromatic N) is 6. The second-order valence-electron chi connectivity index (χ2n) is 26.9. The van der Waals surface area contributed by atoms with Gasteiger partial charge in [0.25, 0.3) is 11.5 Å². The number of Topliss-reactive ketones (excluding diaryl/α,β-unsaturated/α-hetero) is 1. The summed E-state index contributed by atoms with van der Waals surface area (Å²) < 4.78 is 16.6. The highest BCUT2D eigenvalue weighted by molar-refractivity contribution is 8.76. The lowest BCUT2D eigenvalue weighted by molar-refractivity contribution is -0.155. The second kappa shape index (κ2) is 43.9. The van der Waals surface area contributed by atoms with Crippen LogP contribution in [0.4, 0.5) is 16.4 Å². The number of nitrogen functional groups attached to an aromatic ring is 1. The number of aromatic amines is 1. The molecule has 0 spiro atoms. The molecule has 2 aliphatic heterocycles. The predicted octanol–water partition coefficient (Wildman–Crippen LogP) is 1.70. The summed E-state index contributed by atoms with van der Waals surface area (Å²) in [5.41, 5.74) is 16.9. The van der Waals surface area contributed by atoms with Crippen LogP contribution in [0.3, 0.4) is 0 Å². The summed E-state index contributed by atoms with van der Waals surface area (Å²) >= 11 is 1.50. The van der Waals surface area contributed by atoms with Gasteiger partial charge in [-0.15, -0.1) is 11.3 Å². The molecular formula is C69H98N16O22S3. The van der Waals surface area contributed by atoms with E-state index >= 15 is 0 Å². The van der Waals surface area contributed by atoms with E-state index < -0.39 is 163 Å². The molecule has 110 heavy (non-hydrogen) atoms. The fourth-order valence-electron chi connectivity index (χ4n) is 11.6. The molecule has 19 N–H and O–H groups in total. The summed E-state index contributed by atoms with van der Waals surface area (Å²) in [7, 11) is 3.73. The SMILES string of the molecule is C/C(=C\c1csc(C)n1)[C@@H]1C[C@H]2[C@@H](CCC[C@H](C)[C@H](O)[C@@H](C)C(=O)C(C)(C)[C@@H](O)CC(=O)O1)N2CCOC(=O)OCCSSCC(NC(=O)[C@@H](C)CC(=O)O)C(=O)O.CNC(=O)[C@H](CCCN=C(N)N)NC(=O)[C@H](CC(=O)O)NC(=O)CC[C@H](NC(=O)c1ccc(NCc2cnc3nc(N)[nH]c(=O)c3n2)cc1)C(=O)O. The molecule has 5 heterocycles. The predicted molar refractivity (Wildman–Crippen MR) is 404 cm³/mol. The summed E-state index contributed by atoms with van der Waals surface area (Å²) in [6.07, 6.45) is -0.0792. The van der Waals surface area contributed by atoms with E-state index in [1.807, 2.05) is 32.2 Å². The number of carboxylic acids is 4.